The molecule has 2 rings (SSSR count). The van der Waals surface area contributed by atoms with Crippen LogP contribution in [0.1, 0.15) is 56.7 Å². The lowest BCUT2D eigenvalue weighted by Gasteiger charge is -2.26. The van der Waals surface area contributed by atoms with Crippen LogP contribution >= 0.6 is 0 Å². The maximum Gasteiger partial charge on any atom is 0.0446 e. The largest absolute Gasteiger partial charge is 0.312 e. The van der Waals surface area contributed by atoms with E-state index in [0.29, 0.717) is 6.04 Å². The van der Waals surface area contributed by atoms with Gasteiger partial charge < -0.3 is 10.2 Å². The Bertz CT molecular complexity index is 399. The molecule has 0 aromatic heterocycles. The number of likely N-dealkylation sites (N-methyl/N-ethyl adjacent to an activating group) is 1. The van der Waals surface area contributed by atoms with Gasteiger partial charge in [-0.25, -0.2) is 0 Å². The van der Waals surface area contributed by atoms with Crippen LogP contribution < -0.4 is 5.32 Å². The van der Waals surface area contributed by atoms with Gasteiger partial charge in [-0.05, 0) is 62.9 Å². The number of likely N-dealkylation sites (tertiary alicyclic amines) is 1. The van der Waals surface area contributed by atoms with Crippen LogP contribution in [0.4, 0.5) is 0 Å². The van der Waals surface area contributed by atoms with E-state index in [2.05, 4.69) is 55.4 Å². The summed E-state index contributed by atoms with van der Waals surface area (Å²) in [5.41, 5.74) is 2.85. The molecule has 1 aliphatic heterocycles. The van der Waals surface area contributed by atoms with Crippen LogP contribution in [0.15, 0.2) is 24.3 Å². The van der Waals surface area contributed by atoms with Gasteiger partial charge in [0.25, 0.3) is 0 Å². The Balaban J connectivity index is 1.94. The first kappa shape index (κ1) is 16.5. The Kier molecular flexibility index (Phi) is 6.72. The molecule has 1 heterocycles. The molecular formula is C19H32N2. The predicted molar refractivity (Wildman–Crippen MR) is 91.7 cm³/mol. The lowest BCUT2D eigenvalue weighted by molar-refractivity contribution is 0.252. The zero-order valence-electron chi connectivity index (χ0n) is 14.1. The van der Waals surface area contributed by atoms with Gasteiger partial charge in [0.2, 0.25) is 0 Å². The average Bonchev–Trinajstić information content (AvgIpc) is 2.77. The molecule has 1 saturated heterocycles. The summed E-state index contributed by atoms with van der Waals surface area (Å²) in [6.07, 6.45) is 6.63. The van der Waals surface area contributed by atoms with Crippen molar-refractivity contribution in [3.8, 4) is 0 Å². The first-order valence-corrected chi connectivity index (χ1v) is 8.75. The van der Waals surface area contributed by atoms with Crippen LogP contribution in [0.3, 0.4) is 0 Å². The van der Waals surface area contributed by atoms with Gasteiger partial charge in [0.15, 0.2) is 0 Å². The van der Waals surface area contributed by atoms with Crippen LogP contribution in [0.25, 0.3) is 0 Å². The van der Waals surface area contributed by atoms with Gasteiger partial charge in [-0.2, -0.15) is 0 Å². The van der Waals surface area contributed by atoms with Gasteiger partial charge in [0, 0.05) is 12.6 Å². The highest BCUT2D eigenvalue weighted by atomic mass is 15.1. The van der Waals surface area contributed by atoms with E-state index in [9.17, 15) is 0 Å². The van der Waals surface area contributed by atoms with Crippen LogP contribution in [0, 0.1) is 5.92 Å². The van der Waals surface area contributed by atoms with Crippen LogP contribution in [-0.2, 0) is 6.42 Å². The second kappa shape index (κ2) is 8.55. The molecule has 0 radical (unpaired) electrons. The van der Waals surface area contributed by atoms with Crippen molar-refractivity contribution in [1.29, 1.82) is 0 Å². The van der Waals surface area contributed by atoms with Crippen molar-refractivity contribution in [2.45, 2.75) is 52.0 Å². The third-order valence-corrected chi connectivity index (χ3v) is 5.10. The van der Waals surface area contributed by atoms with E-state index < -0.39 is 0 Å². The summed E-state index contributed by atoms with van der Waals surface area (Å²) >= 11 is 0. The number of benzene rings is 1. The quantitative estimate of drug-likeness (QED) is 0.850. The molecule has 2 unspecified atom stereocenters. The van der Waals surface area contributed by atoms with Crippen molar-refractivity contribution in [2.75, 3.05) is 26.7 Å². The maximum atomic E-state index is 3.51. The zero-order chi connectivity index (χ0) is 15.1. The lowest BCUT2D eigenvalue weighted by atomic mass is 9.98. The number of aryl methyl sites for hydroxylation is 1. The summed E-state index contributed by atoms with van der Waals surface area (Å²) in [6.45, 7) is 8.22. The highest BCUT2D eigenvalue weighted by molar-refractivity contribution is 5.25. The number of hydrogen-bond donors (Lipinski definition) is 1. The van der Waals surface area contributed by atoms with E-state index >= 15 is 0 Å². The number of rotatable bonds is 6. The molecule has 0 spiro atoms. The van der Waals surface area contributed by atoms with Crippen molar-refractivity contribution in [2.24, 2.45) is 5.92 Å². The minimum Gasteiger partial charge on any atom is -0.312 e. The van der Waals surface area contributed by atoms with Gasteiger partial charge in [0.05, 0.1) is 0 Å². The summed E-state index contributed by atoms with van der Waals surface area (Å²) < 4.78 is 0. The highest BCUT2D eigenvalue weighted by Gasteiger charge is 2.19. The number of hydrogen-bond acceptors (Lipinski definition) is 2. The van der Waals surface area contributed by atoms with E-state index in [1.807, 2.05) is 0 Å². The molecule has 1 aliphatic rings. The fourth-order valence-corrected chi connectivity index (χ4v) is 3.42. The van der Waals surface area contributed by atoms with Crippen LogP contribution in [-0.4, -0.2) is 31.6 Å². The molecule has 0 aliphatic carbocycles. The molecule has 1 fully saturated rings. The maximum absolute atomic E-state index is 3.51. The molecular weight excluding hydrogens is 256 g/mol. The fraction of sp³-hybridized carbons (Fsp3) is 0.684. The number of nitrogens with zero attached hydrogens (tertiary/aromatic N) is 1. The summed E-state index contributed by atoms with van der Waals surface area (Å²) in [6, 6.07) is 9.60. The first-order chi connectivity index (χ1) is 10.3. The topological polar surface area (TPSA) is 15.3 Å². The summed E-state index contributed by atoms with van der Waals surface area (Å²) in [5.74, 6) is 0.951. The highest BCUT2D eigenvalue weighted by Crippen LogP contribution is 2.22. The van der Waals surface area contributed by atoms with Gasteiger partial charge in [-0.3, -0.25) is 0 Å². The first-order valence-electron chi connectivity index (χ1n) is 8.75. The van der Waals surface area contributed by atoms with Crippen molar-refractivity contribution in [1.82, 2.24) is 10.2 Å². The van der Waals surface area contributed by atoms with Gasteiger partial charge >= 0.3 is 0 Å². The Morgan fingerprint density at radius 2 is 1.90 bits per heavy atom. The van der Waals surface area contributed by atoms with E-state index in [-0.39, 0.29) is 0 Å². The summed E-state index contributed by atoms with van der Waals surface area (Å²) in [4.78, 5) is 2.66. The molecule has 0 amide bonds. The Morgan fingerprint density at radius 3 is 2.52 bits per heavy atom. The summed E-state index contributed by atoms with van der Waals surface area (Å²) in [5, 5.41) is 3.51. The predicted octanol–water partition coefficient (Wildman–Crippen LogP) is 4.02. The molecule has 0 saturated carbocycles. The Hall–Kier alpha value is -0.860. The lowest BCUT2D eigenvalue weighted by Crippen LogP contribution is -2.34. The second-order valence-electron chi connectivity index (χ2n) is 6.44. The van der Waals surface area contributed by atoms with Crippen LogP contribution in [0.2, 0.25) is 0 Å². The number of nitrogens with one attached hydrogen (secondary N) is 1. The van der Waals surface area contributed by atoms with E-state index in [1.165, 1.54) is 49.9 Å². The molecule has 2 heteroatoms. The molecule has 0 bridgehead atoms. The van der Waals surface area contributed by atoms with Crippen molar-refractivity contribution < 1.29 is 0 Å². The smallest absolute Gasteiger partial charge is 0.0446 e. The Morgan fingerprint density at radius 1 is 1.14 bits per heavy atom. The van der Waals surface area contributed by atoms with Crippen molar-refractivity contribution in [3.05, 3.63) is 35.4 Å². The minimum absolute atomic E-state index is 0.453. The SMILES string of the molecule is CCc1ccc(C(CN2CCCC(CC)CC2)NC)cc1. The van der Waals surface area contributed by atoms with Crippen molar-refractivity contribution >= 4 is 0 Å². The van der Waals surface area contributed by atoms with E-state index in [1.54, 1.807) is 0 Å². The zero-order valence-corrected chi connectivity index (χ0v) is 14.1. The second-order valence-corrected chi connectivity index (χ2v) is 6.44. The minimum atomic E-state index is 0.453. The molecule has 1 aromatic rings. The molecule has 1 N–H and O–H groups in total. The van der Waals surface area contributed by atoms with E-state index in [4.69, 9.17) is 0 Å². The normalized spacial score (nSPS) is 22.0. The standard InChI is InChI=1S/C19H32N2/c1-4-16-7-6-13-21(14-12-16)15-19(20-3)18-10-8-17(5-2)9-11-18/h8-11,16,19-20H,4-7,12-15H2,1-3H3. The Labute approximate surface area is 130 Å². The van der Waals surface area contributed by atoms with E-state index in [0.717, 1.165) is 18.9 Å². The van der Waals surface area contributed by atoms with Crippen LogP contribution in [0.5, 0.6) is 0 Å². The molecule has 2 atom stereocenters. The van der Waals surface area contributed by atoms with Gasteiger partial charge in [-0.15, -0.1) is 0 Å². The summed E-state index contributed by atoms with van der Waals surface area (Å²) in [7, 11) is 2.09. The van der Waals surface area contributed by atoms with Crippen molar-refractivity contribution in [3.63, 3.8) is 0 Å². The molecule has 21 heavy (non-hydrogen) atoms. The third-order valence-electron chi connectivity index (χ3n) is 5.10. The fourth-order valence-electron chi connectivity index (χ4n) is 3.42. The average molecular weight is 288 g/mol. The van der Waals surface area contributed by atoms with Gasteiger partial charge in [-0.1, -0.05) is 44.5 Å². The molecule has 1 aromatic carbocycles. The molecule has 118 valence electrons. The third kappa shape index (κ3) is 4.82. The monoisotopic (exact) mass is 288 g/mol. The van der Waals surface area contributed by atoms with Gasteiger partial charge in [0.1, 0.15) is 0 Å². The molecule has 2 nitrogen and oxygen atoms in total.